The molecule has 0 spiro atoms. The summed E-state index contributed by atoms with van der Waals surface area (Å²) in [6, 6.07) is 0. The van der Waals surface area contributed by atoms with Crippen molar-refractivity contribution in [1.82, 2.24) is 5.32 Å². The first kappa shape index (κ1) is 11.0. The second-order valence-electron chi connectivity index (χ2n) is 4.30. The summed E-state index contributed by atoms with van der Waals surface area (Å²) >= 11 is 0. The van der Waals surface area contributed by atoms with Crippen molar-refractivity contribution in [3.8, 4) is 0 Å². The summed E-state index contributed by atoms with van der Waals surface area (Å²) in [7, 11) is 0. The van der Waals surface area contributed by atoms with Crippen LogP contribution in [0.25, 0.3) is 0 Å². The highest BCUT2D eigenvalue weighted by atomic mass is 14.9. The van der Waals surface area contributed by atoms with Gasteiger partial charge in [-0.15, -0.1) is 0 Å². The highest BCUT2D eigenvalue weighted by molar-refractivity contribution is 4.73. The molecule has 1 aliphatic rings. The minimum atomic E-state index is 0.681. The quantitative estimate of drug-likeness (QED) is 0.564. The average Bonchev–Trinajstić information content (AvgIpc) is 2.95. The van der Waals surface area contributed by atoms with Crippen LogP contribution in [0.2, 0.25) is 0 Å². The molecule has 1 saturated carbocycles. The molecular formula is C11H24N2. The molecule has 1 rings (SSSR count). The molecular weight excluding hydrogens is 160 g/mol. The zero-order valence-corrected chi connectivity index (χ0v) is 8.89. The van der Waals surface area contributed by atoms with E-state index < -0.39 is 0 Å². The van der Waals surface area contributed by atoms with E-state index in [0.717, 1.165) is 19.0 Å². The molecule has 1 fully saturated rings. The van der Waals surface area contributed by atoms with Crippen LogP contribution in [0.3, 0.4) is 0 Å². The molecule has 1 aliphatic carbocycles. The minimum absolute atomic E-state index is 0.681. The van der Waals surface area contributed by atoms with Gasteiger partial charge in [-0.1, -0.05) is 26.2 Å². The van der Waals surface area contributed by atoms with Gasteiger partial charge < -0.3 is 11.1 Å². The van der Waals surface area contributed by atoms with Crippen LogP contribution in [-0.4, -0.2) is 19.6 Å². The smallest absolute Gasteiger partial charge is 0.000856 e. The fourth-order valence-electron chi connectivity index (χ4n) is 1.62. The first-order valence-electron chi connectivity index (χ1n) is 5.77. The summed E-state index contributed by atoms with van der Waals surface area (Å²) < 4.78 is 0. The summed E-state index contributed by atoms with van der Waals surface area (Å²) in [6.07, 6.45) is 6.96. The van der Waals surface area contributed by atoms with Crippen molar-refractivity contribution in [3.05, 3.63) is 0 Å². The van der Waals surface area contributed by atoms with Crippen molar-refractivity contribution in [2.75, 3.05) is 19.6 Å². The first-order valence-corrected chi connectivity index (χ1v) is 5.77. The van der Waals surface area contributed by atoms with E-state index in [4.69, 9.17) is 5.73 Å². The lowest BCUT2D eigenvalue weighted by atomic mass is 10.1. The Labute approximate surface area is 82.3 Å². The molecule has 0 heterocycles. The van der Waals surface area contributed by atoms with Crippen LogP contribution in [0, 0.1) is 11.8 Å². The lowest BCUT2D eigenvalue weighted by Crippen LogP contribution is -2.28. The molecule has 2 heteroatoms. The van der Waals surface area contributed by atoms with E-state index in [1.54, 1.807) is 0 Å². The minimum Gasteiger partial charge on any atom is -0.330 e. The SMILES string of the molecule is CCC(CN)CNCCCC1CC1. The molecule has 1 unspecified atom stereocenters. The number of hydrogen-bond donors (Lipinski definition) is 2. The molecule has 0 amide bonds. The van der Waals surface area contributed by atoms with E-state index in [9.17, 15) is 0 Å². The van der Waals surface area contributed by atoms with Gasteiger partial charge in [-0.3, -0.25) is 0 Å². The van der Waals surface area contributed by atoms with Crippen LogP contribution in [-0.2, 0) is 0 Å². The van der Waals surface area contributed by atoms with Crippen LogP contribution < -0.4 is 11.1 Å². The maximum atomic E-state index is 5.62. The Bertz CT molecular complexity index is 117. The summed E-state index contributed by atoms with van der Waals surface area (Å²) in [4.78, 5) is 0. The van der Waals surface area contributed by atoms with Gasteiger partial charge in [-0.25, -0.2) is 0 Å². The van der Waals surface area contributed by atoms with Crippen LogP contribution >= 0.6 is 0 Å². The van der Waals surface area contributed by atoms with E-state index in [2.05, 4.69) is 12.2 Å². The maximum absolute atomic E-state index is 5.62. The van der Waals surface area contributed by atoms with E-state index in [0.29, 0.717) is 5.92 Å². The van der Waals surface area contributed by atoms with Gasteiger partial charge in [0, 0.05) is 0 Å². The van der Waals surface area contributed by atoms with Crippen LogP contribution in [0.1, 0.15) is 39.0 Å². The Morgan fingerprint density at radius 1 is 1.46 bits per heavy atom. The van der Waals surface area contributed by atoms with Gasteiger partial charge in [0.2, 0.25) is 0 Å². The Morgan fingerprint density at radius 2 is 2.23 bits per heavy atom. The summed E-state index contributed by atoms with van der Waals surface area (Å²) in [6.45, 7) is 5.33. The highest BCUT2D eigenvalue weighted by Gasteiger charge is 2.19. The molecule has 0 radical (unpaired) electrons. The monoisotopic (exact) mass is 184 g/mol. The third-order valence-corrected chi connectivity index (χ3v) is 3.01. The van der Waals surface area contributed by atoms with Gasteiger partial charge in [-0.05, 0) is 44.3 Å². The van der Waals surface area contributed by atoms with Gasteiger partial charge in [0.05, 0.1) is 0 Å². The second kappa shape index (κ2) is 6.39. The summed E-state index contributed by atoms with van der Waals surface area (Å²) in [5, 5.41) is 3.49. The normalized spacial score (nSPS) is 18.9. The molecule has 0 aromatic carbocycles. The molecule has 0 saturated heterocycles. The van der Waals surface area contributed by atoms with E-state index in [1.165, 1.54) is 38.6 Å². The zero-order valence-electron chi connectivity index (χ0n) is 8.89. The van der Waals surface area contributed by atoms with E-state index >= 15 is 0 Å². The van der Waals surface area contributed by atoms with Crippen molar-refractivity contribution in [3.63, 3.8) is 0 Å². The Kier molecular flexibility index (Phi) is 5.40. The molecule has 1 atom stereocenters. The third-order valence-electron chi connectivity index (χ3n) is 3.01. The predicted octanol–water partition coefficient (Wildman–Crippen LogP) is 1.75. The first-order chi connectivity index (χ1) is 6.36. The molecule has 0 bridgehead atoms. The maximum Gasteiger partial charge on any atom is -0.000856 e. The summed E-state index contributed by atoms with van der Waals surface area (Å²) in [5.41, 5.74) is 5.62. The molecule has 0 aliphatic heterocycles. The standard InChI is InChI=1S/C11H24N2/c1-2-10(8-12)9-13-7-3-4-11-5-6-11/h10-11,13H,2-9,12H2,1H3. The van der Waals surface area contributed by atoms with Gasteiger partial charge in [0.15, 0.2) is 0 Å². The van der Waals surface area contributed by atoms with Crippen molar-refractivity contribution >= 4 is 0 Å². The van der Waals surface area contributed by atoms with Gasteiger partial charge in [0.25, 0.3) is 0 Å². The molecule has 0 aromatic heterocycles. The Morgan fingerprint density at radius 3 is 2.77 bits per heavy atom. The van der Waals surface area contributed by atoms with Gasteiger partial charge >= 0.3 is 0 Å². The third kappa shape index (κ3) is 5.27. The van der Waals surface area contributed by atoms with Crippen LogP contribution in [0.4, 0.5) is 0 Å². The Balaban J connectivity index is 1.81. The number of rotatable bonds is 8. The fourth-order valence-corrected chi connectivity index (χ4v) is 1.62. The molecule has 13 heavy (non-hydrogen) atoms. The zero-order chi connectivity index (χ0) is 9.52. The summed E-state index contributed by atoms with van der Waals surface area (Å²) in [5.74, 6) is 1.76. The van der Waals surface area contributed by atoms with Crippen molar-refractivity contribution in [2.24, 2.45) is 17.6 Å². The molecule has 3 N–H and O–H groups in total. The molecule has 78 valence electrons. The van der Waals surface area contributed by atoms with E-state index in [1.807, 2.05) is 0 Å². The second-order valence-corrected chi connectivity index (χ2v) is 4.30. The molecule has 2 nitrogen and oxygen atoms in total. The lowest BCUT2D eigenvalue weighted by Gasteiger charge is -2.12. The van der Waals surface area contributed by atoms with Crippen molar-refractivity contribution < 1.29 is 0 Å². The van der Waals surface area contributed by atoms with Crippen molar-refractivity contribution in [1.29, 1.82) is 0 Å². The van der Waals surface area contributed by atoms with Gasteiger partial charge in [-0.2, -0.15) is 0 Å². The lowest BCUT2D eigenvalue weighted by molar-refractivity contribution is 0.463. The number of nitrogens with two attached hydrogens (primary N) is 1. The number of hydrogen-bond acceptors (Lipinski definition) is 2. The number of nitrogens with one attached hydrogen (secondary N) is 1. The molecule has 0 aromatic rings. The van der Waals surface area contributed by atoms with Crippen LogP contribution in [0.15, 0.2) is 0 Å². The van der Waals surface area contributed by atoms with E-state index in [-0.39, 0.29) is 0 Å². The van der Waals surface area contributed by atoms with Crippen molar-refractivity contribution in [2.45, 2.75) is 39.0 Å². The van der Waals surface area contributed by atoms with Crippen LogP contribution in [0.5, 0.6) is 0 Å². The Hall–Kier alpha value is -0.0800. The van der Waals surface area contributed by atoms with Gasteiger partial charge in [0.1, 0.15) is 0 Å². The average molecular weight is 184 g/mol. The topological polar surface area (TPSA) is 38.0 Å². The largest absolute Gasteiger partial charge is 0.330 e. The predicted molar refractivity (Wildman–Crippen MR) is 57.7 cm³/mol. The highest BCUT2D eigenvalue weighted by Crippen LogP contribution is 2.33. The fraction of sp³-hybridized carbons (Fsp3) is 1.00.